The van der Waals surface area contributed by atoms with Gasteiger partial charge in [0.2, 0.25) is 5.91 Å². The number of fused-ring (bicyclic) bond motifs is 1. The van der Waals surface area contributed by atoms with Crippen LogP contribution in [0.2, 0.25) is 4.34 Å². The summed E-state index contributed by atoms with van der Waals surface area (Å²) in [5.74, 6) is -0.211. The van der Waals surface area contributed by atoms with E-state index in [-0.39, 0.29) is 10.1 Å². The zero-order valence-electron chi connectivity index (χ0n) is 20.1. The van der Waals surface area contributed by atoms with Crippen molar-refractivity contribution in [3.8, 4) is 0 Å². The molecule has 2 aliphatic heterocycles. The third kappa shape index (κ3) is 5.33. The number of thiophene rings is 1. The Morgan fingerprint density at radius 1 is 1.19 bits per heavy atom. The molecule has 2 saturated heterocycles. The lowest BCUT2D eigenvalue weighted by Gasteiger charge is -2.30. The van der Waals surface area contributed by atoms with E-state index < -0.39 is 16.1 Å². The lowest BCUT2D eigenvalue weighted by molar-refractivity contribution is -0.121. The van der Waals surface area contributed by atoms with Gasteiger partial charge in [0.1, 0.15) is 10.3 Å². The number of aryl methyl sites for hydroxylation is 1. The number of anilines is 1. The molecular weight excluding hydrogens is 540 g/mol. The number of morpholine rings is 1. The summed E-state index contributed by atoms with van der Waals surface area (Å²) in [7, 11) is -3.82. The molecule has 1 unspecified atom stereocenters. The van der Waals surface area contributed by atoms with Crippen LogP contribution in [-0.4, -0.2) is 80.5 Å². The van der Waals surface area contributed by atoms with Crippen molar-refractivity contribution in [3.05, 3.63) is 40.2 Å². The standard InChI is InChI=1S/C24H29ClN4O4S3/c1-17-5-2-7-19-22(17)26-24(34-19)28(11-4-10-27-13-15-33-16-14-27)23(30)18-6-3-12-29(18)36(31,32)21-9-8-20(25)35-21/h2,5,7-9,18H,3-4,6,10-16H2,1H3. The molecule has 3 aromatic rings. The fraction of sp³-hybridized carbons (Fsp3) is 0.500. The minimum Gasteiger partial charge on any atom is -0.379 e. The minimum atomic E-state index is -3.82. The van der Waals surface area contributed by atoms with Crippen molar-refractivity contribution < 1.29 is 17.9 Å². The van der Waals surface area contributed by atoms with Gasteiger partial charge in [-0.2, -0.15) is 4.31 Å². The van der Waals surface area contributed by atoms with Gasteiger partial charge in [-0.25, -0.2) is 13.4 Å². The molecule has 4 heterocycles. The van der Waals surface area contributed by atoms with E-state index >= 15 is 0 Å². The van der Waals surface area contributed by atoms with E-state index in [1.165, 1.54) is 21.7 Å². The van der Waals surface area contributed by atoms with Crippen LogP contribution in [0.3, 0.4) is 0 Å². The third-order valence-electron chi connectivity index (χ3n) is 6.67. The first-order chi connectivity index (χ1) is 17.3. The van der Waals surface area contributed by atoms with Gasteiger partial charge in [-0.3, -0.25) is 14.6 Å². The molecule has 36 heavy (non-hydrogen) atoms. The summed E-state index contributed by atoms with van der Waals surface area (Å²) in [6.45, 7) is 6.85. The number of amides is 1. The molecule has 0 aliphatic carbocycles. The first-order valence-corrected chi connectivity index (χ1v) is 15.5. The van der Waals surface area contributed by atoms with Crippen LogP contribution in [0.5, 0.6) is 0 Å². The topological polar surface area (TPSA) is 83.0 Å². The predicted molar refractivity (Wildman–Crippen MR) is 145 cm³/mol. The maximum Gasteiger partial charge on any atom is 0.253 e. The lowest BCUT2D eigenvalue weighted by atomic mass is 10.2. The van der Waals surface area contributed by atoms with Gasteiger partial charge < -0.3 is 4.74 Å². The second-order valence-corrected chi connectivity index (χ2v) is 13.9. The number of rotatable bonds is 8. The van der Waals surface area contributed by atoms with Gasteiger partial charge in [0.05, 0.1) is 27.8 Å². The number of benzene rings is 1. The highest BCUT2D eigenvalue weighted by molar-refractivity contribution is 7.91. The van der Waals surface area contributed by atoms with Crippen LogP contribution in [0.25, 0.3) is 10.2 Å². The molecule has 0 N–H and O–H groups in total. The number of carbonyl (C=O) groups is 1. The Kier molecular flexibility index (Phi) is 7.97. The van der Waals surface area contributed by atoms with E-state index in [0.29, 0.717) is 35.4 Å². The molecule has 194 valence electrons. The molecule has 1 amide bonds. The van der Waals surface area contributed by atoms with Crippen LogP contribution < -0.4 is 4.90 Å². The number of aromatic nitrogens is 1. The van der Waals surface area contributed by atoms with Crippen molar-refractivity contribution in [2.75, 3.05) is 50.8 Å². The molecule has 2 aromatic heterocycles. The van der Waals surface area contributed by atoms with Gasteiger partial charge in [0.15, 0.2) is 5.13 Å². The number of para-hydroxylation sites is 1. The molecule has 5 rings (SSSR count). The molecule has 8 nitrogen and oxygen atoms in total. The second kappa shape index (κ2) is 11.0. The predicted octanol–water partition coefficient (Wildman–Crippen LogP) is 4.23. The summed E-state index contributed by atoms with van der Waals surface area (Å²) in [5, 5.41) is 0.620. The Morgan fingerprint density at radius 2 is 2.00 bits per heavy atom. The lowest BCUT2D eigenvalue weighted by Crippen LogP contribution is -2.48. The van der Waals surface area contributed by atoms with Crippen LogP contribution >= 0.6 is 34.3 Å². The Bertz CT molecular complexity index is 1340. The average Bonchev–Trinajstić information content (AvgIpc) is 3.62. The quantitative estimate of drug-likeness (QED) is 0.404. The summed E-state index contributed by atoms with van der Waals surface area (Å²) < 4.78 is 35.2. The van der Waals surface area contributed by atoms with Crippen molar-refractivity contribution in [1.82, 2.24) is 14.2 Å². The summed E-state index contributed by atoms with van der Waals surface area (Å²) in [6.07, 6.45) is 1.89. The van der Waals surface area contributed by atoms with Crippen LogP contribution in [0, 0.1) is 6.92 Å². The fourth-order valence-electron chi connectivity index (χ4n) is 4.77. The number of nitrogens with zero attached hydrogens (tertiary/aromatic N) is 4. The van der Waals surface area contributed by atoms with Crippen LogP contribution in [0.4, 0.5) is 5.13 Å². The monoisotopic (exact) mass is 568 g/mol. The van der Waals surface area contributed by atoms with E-state index in [1.54, 1.807) is 11.0 Å². The van der Waals surface area contributed by atoms with Crippen molar-refractivity contribution in [2.24, 2.45) is 0 Å². The molecule has 0 saturated carbocycles. The van der Waals surface area contributed by atoms with Crippen molar-refractivity contribution in [2.45, 2.75) is 36.4 Å². The van der Waals surface area contributed by atoms with E-state index in [9.17, 15) is 13.2 Å². The van der Waals surface area contributed by atoms with Crippen LogP contribution in [-0.2, 0) is 19.6 Å². The normalized spacial score (nSPS) is 19.8. The van der Waals surface area contributed by atoms with E-state index in [1.807, 2.05) is 25.1 Å². The number of sulfonamides is 1. The van der Waals surface area contributed by atoms with Gasteiger partial charge in [-0.1, -0.05) is 35.1 Å². The minimum absolute atomic E-state index is 0.168. The number of hydrogen-bond donors (Lipinski definition) is 0. The second-order valence-electron chi connectivity index (χ2n) is 9.05. The number of ether oxygens (including phenoxy) is 1. The first kappa shape index (κ1) is 26.0. The summed E-state index contributed by atoms with van der Waals surface area (Å²) in [4.78, 5) is 22.9. The molecule has 1 aromatic carbocycles. The Morgan fingerprint density at radius 3 is 2.72 bits per heavy atom. The van der Waals surface area contributed by atoms with E-state index in [2.05, 4.69) is 4.90 Å². The maximum absolute atomic E-state index is 14.0. The van der Waals surface area contributed by atoms with Gasteiger partial charge >= 0.3 is 0 Å². The largest absolute Gasteiger partial charge is 0.379 e. The zero-order chi connectivity index (χ0) is 25.3. The molecule has 2 aliphatic rings. The smallest absolute Gasteiger partial charge is 0.253 e. The van der Waals surface area contributed by atoms with E-state index in [4.69, 9.17) is 21.3 Å². The molecule has 0 radical (unpaired) electrons. The van der Waals surface area contributed by atoms with Gasteiger partial charge in [0, 0.05) is 32.7 Å². The Hall–Kier alpha value is -1.60. The number of hydrogen-bond acceptors (Lipinski definition) is 8. The molecule has 12 heteroatoms. The highest BCUT2D eigenvalue weighted by Gasteiger charge is 2.42. The molecule has 1 atom stereocenters. The molecular formula is C24H29ClN4O4S3. The number of halogens is 1. The van der Waals surface area contributed by atoms with Gasteiger partial charge in [-0.15, -0.1) is 11.3 Å². The van der Waals surface area contributed by atoms with Crippen LogP contribution in [0.15, 0.2) is 34.5 Å². The third-order valence-corrected chi connectivity index (χ3v) is 11.3. The number of thiazole rings is 1. The van der Waals surface area contributed by atoms with Gasteiger partial charge in [0.25, 0.3) is 10.0 Å². The van der Waals surface area contributed by atoms with Crippen molar-refractivity contribution >= 4 is 65.6 Å². The maximum atomic E-state index is 14.0. The highest BCUT2D eigenvalue weighted by atomic mass is 35.5. The van der Waals surface area contributed by atoms with E-state index in [0.717, 1.165) is 66.4 Å². The highest BCUT2D eigenvalue weighted by Crippen LogP contribution is 2.35. The van der Waals surface area contributed by atoms with Crippen LogP contribution in [0.1, 0.15) is 24.8 Å². The zero-order valence-corrected chi connectivity index (χ0v) is 23.3. The Balaban J connectivity index is 1.42. The molecule has 2 fully saturated rings. The number of carbonyl (C=O) groups excluding carboxylic acids is 1. The van der Waals surface area contributed by atoms with Gasteiger partial charge in [-0.05, 0) is 49.9 Å². The fourth-order valence-corrected chi connectivity index (χ4v) is 9.11. The SMILES string of the molecule is Cc1cccc2sc(N(CCCN3CCOCC3)C(=O)C3CCCN3S(=O)(=O)c3ccc(Cl)s3)nc12. The summed E-state index contributed by atoms with van der Waals surface area (Å²) in [6, 6.07) is 8.33. The van der Waals surface area contributed by atoms with Crippen molar-refractivity contribution in [3.63, 3.8) is 0 Å². The molecule has 0 spiro atoms. The Labute approximate surface area is 224 Å². The average molecular weight is 569 g/mol. The molecule has 0 bridgehead atoms. The van der Waals surface area contributed by atoms with Crippen molar-refractivity contribution in [1.29, 1.82) is 0 Å². The first-order valence-electron chi connectivity index (χ1n) is 12.1. The summed E-state index contributed by atoms with van der Waals surface area (Å²) in [5.41, 5.74) is 1.93. The summed E-state index contributed by atoms with van der Waals surface area (Å²) >= 11 is 8.51.